The first kappa shape index (κ1) is 10.6. The predicted molar refractivity (Wildman–Crippen MR) is 75.1 cm³/mol. The van der Waals surface area contributed by atoms with E-state index in [2.05, 4.69) is 35.1 Å². The SMILES string of the molecule is CNC1CCc2c(n3c4c(cccc24)CCC3)C1. The first-order valence-electron chi connectivity index (χ1n) is 7.17. The van der Waals surface area contributed by atoms with Crippen LogP contribution in [-0.4, -0.2) is 17.7 Å². The Morgan fingerprint density at radius 2 is 2.22 bits per heavy atom. The molecule has 1 aromatic carbocycles. The van der Waals surface area contributed by atoms with Gasteiger partial charge in [-0.2, -0.15) is 0 Å². The molecular formula is C16H20N2. The second-order valence-electron chi connectivity index (χ2n) is 5.72. The van der Waals surface area contributed by atoms with E-state index in [0.717, 1.165) is 0 Å². The lowest BCUT2D eigenvalue weighted by molar-refractivity contribution is 0.473. The van der Waals surface area contributed by atoms with Gasteiger partial charge >= 0.3 is 0 Å². The zero-order valence-electron chi connectivity index (χ0n) is 11.0. The molecule has 0 amide bonds. The number of rotatable bonds is 1. The van der Waals surface area contributed by atoms with Crippen molar-refractivity contribution in [3.05, 3.63) is 35.0 Å². The van der Waals surface area contributed by atoms with Crippen molar-refractivity contribution < 1.29 is 0 Å². The summed E-state index contributed by atoms with van der Waals surface area (Å²) < 4.78 is 2.62. The van der Waals surface area contributed by atoms with Crippen LogP contribution in [0.2, 0.25) is 0 Å². The average Bonchev–Trinajstić information content (AvgIpc) is 2.76. The Hall–Kier alpha value is -1.28. The molecule has 0 saturated heterocycles. The summed E-state index contributed by atoms with van der Waals surface area (Å²) in [4.78, 5) is 0. The second-order valence-corrected chi connectivity index (χ2v) is 5.72. The summed E-state index contributed by atoms with van der Waals surface area (Å²) in [5.74, 6) is 0. The third-order valence-corrected chi connectivity index (χ3v) is 4.81. The maximum Gasteiger partial charge on any atom is 0.0517 e. The first-order chi connectivity index (χ1) is 8.88. The smallest absolute Gasteiger partial charge is 0.0517 e. The number of aryl methyl sites for hydroxylation is 3. The van der Waals surface area contributed by atoms with Crippen LogP contribution < -0.4 is 5.32 Å². The maximum absolute atomic E-state index is 3.46. The lowest BCUT2D eigenvalue weighted by Crippen LogP contribution is -2.32. The van der Waals surface area contributed by atoms with E-state index in [-0.39, 0.29) is 0 Å². The summed E-state index contributed by atoms with van der Waals surface area (Å²) >= 11 is 0. The Morgan fingerprint density at radius 3 is 3.11 bits per heavy atom. The Bertz CT molecular complexity index is 609. The summed E-state index contributed by atoms with van der Waals surface area (Å²) in [7, 11) is 2.10. The summed E-state index contributed by atoms with van der Waals surface area (Å²) in [6, 6.07) is 7.57. The van der Waals surface area contributed by atoms with E-state index in [1.165, 1.54) is 44.0 Å². The van der Waals surface area contributed by atoms with Crippen LogP contribution in [0.5, 0.6) is 0 Å². The van der Waals surface area contributed by atoms with Crippen LogP contribution in [0.4, 0.5) is 0 Å². The van der Waals surface area contributed by atoms with Gasteiger partial charge in [0.05, 0.1) is 5.52 Å². The van der Waals surface area contributed by atoms with E-state index < -0.39 is 0 Å². The van der Waals surface area contributed by atoms with Crippen molar-refractivity contribution in [1.82, 2.24) is 9.88 Å². The molecule has 2 aliphatic rings. The number of aromatic nitrogens is 1. The summed E-state index contributed by atoms with van der Waals surface area (Å²) in [5.41, 5.74) is 6.36. The quantitative estimate of drug-likeness (QED) is 0.811. The molecule has 0 saturated carbocycles. The van der Waals surface area contributed by atoms with E-state index in [4.69, 9.17) is 0 Å². The van der Waals surface area contributed by atoms with Crippen molar-refractivity contribution in [3.63, 3.8) is 0 Å². The number of hydrogen-bond acceptors (Lipinski definition) is 1. The van der Waals surface area contributed by atoms with Gasteiger partial charge in [0.25, 0.3) is 0 Å². The molecule has 2 heterocycles. The largest absolute Gasteiger partial charge is 0.344 e. The molecule has 1 N–H and O–H groups in total. The lowest BCUT2D eigenvalue weighted by atomic mass is 9.91. The zero-order valence-corrected chi connectivity index (χ0v) is 11.0. The van der Waals surface area contributed by atoms with Crippen LogP contribution in [0, 0.1) is 0 Å². The fourth-order valence-corrected chi connectivity index (χ4v) is 3.90. The highest BCUT2D eigenvalue weighted by Crippen LogP contribution is 2.36. The first-order valence-corrected chi connectivity index (χ1v) is 7.17. The maximum atomic E-state index is 3.46. The van der Waals surface area contributed by atoms with Gasteiger partial charge in [0.15, 0.2) is 0 Å². The Labute approximate surface area is 108 Å². The van der Waals surface area contributed by atoms with Gasteiger partial charge in [-0.1, -0.05) is 18.2 Å². The van der Waals surface area contributed by atoms with Gasteiger partial charge in [-0.15, -0.1) is 0 Å². The molecule has 1 unspecified atom stereocenters. The standard InChI is InChI=1S/C16H20N2/c1-17-12-7-8-13-14-6-2-4-11-5-3-9-18(16(11)14)15(13)10-12/h2,4,6,12,17H,3,5,7-10H2,1H3. The van der Waals surface area contributed by atoms with Crippen LogP contribution in [0.3, 0.4) is 0 Å². The number of benzene rings is 1. The Kier molecular flexibility index (Phi) is 2.28. The van der Waals surface area contributed by atoms with Crippen LogP contribution in [-0.2, 0) is 25.8 Å². The van der Waals surface area contributed by atoms with Gasteiger partial charge in [0.2, 0.25) is 0 Å². The van der Waals surface area contributed by atoms with Crippen molar-refractivity contribution in [3.8, 4) is 0 Å². The molecule has 94 valence electrons. The number of nitrogens with one attached hydrogen (secondary N) is 1. The highest BCUT2D eigenvalue weighted by molar-refractivity contribution is 5.89. The van der Waals surface area contributed by atoms with Crippen LogP contribution in [0.1, 0.15) is 29.7 Å². The van der Waals surface area contributed by atoms with E-state index >= 15 is 0 Å². The molecule has 2 heteroatoms. The number of fused-ring (bicyclic) bond motifs is 3. The molecule has 4 rings (SSSR count). The van der Waals surface area contributed by atoms with Crippen LogP contribution in [0.15, 0.2) is 18.2 Å². The van der Waals surface area contributed by atoms with E-state index in [1.807, 2.05) is 0 Å². The number of likely N-dealkylation sites (N-methyl/N-ethyl adjacent to an activating group) is 1. The highest BCUT2D eigenvalue weighted by Gasteiger charge is 2.26. The topological polar surface area (TPSA) is 17.0 Å². The fraction of sp³-hybridized carbons (Fsp3) is 0.500. The normalized spacial score (nSPS) is 22.2. The molecule has 1 atom stereocenters. The van der Waals surface area contributed by atoms with E-state index in [1.54, 1.807) is 22.3 Å². The molecule has 1 aliphatic carbocycles. The molecule has 0 spiro atoms. The molecular weight excluding hydrogens is 220 g/mol. The van der Waals surface area contributed by atoms with Gasteiger partial charge in [-0.25, -0.2) is 0 Å². The van der Waals surface area contributed by atoms with Gasteiger partial charge in [0, 0.05) is 30.1 Å². The number of para-hydroxylation sites is 1. The molecule has 1 aromatic heterocycles. The van der Waals surface area contributed by atoms with Gasteiger partial charge in [-0.3, -0.25) is 0 Å². The van der Waals surface area contributed by atoms with Crippen molar-refractivity contribution in [2.24, 2.45) is 0 Å². The fourth-order valence-electron chi connectivity index (χ4n) is 3.90. The third-order valence-electron chi connectivity index (χ3n) is 4.81. The number of nitrogens with zero attached hydrogens (tertiary/aromatic N) is 1. The van der Waals surface area contributed by atoms with Gasteiger partial charge in [-0.05, 0) is 43.9 Å². The van der Waals surface area contributed by atoms with Gasteiger partial charge in [0.1, 0.15) is 0 Å². The summed E-state index contributed by atoms with van der Waals surface area (Å²) in [6.45, 7) is 1.22. The van der Waals surface area contributed by atoms with Crippen molar-refractivity contribution in [2.75, 3.05) is 7.05 Å². The summed E-state index contributed by atoms with van der Waals surface area (Å²) in [5, 5.41) is 5.00. The minimum absolute atomic E-state index is 0.670. The van der Waals surface area contributed by atoms with Crippen LogP contribution in [0.25, 0.3) is 10.9 Å². The van der Waals surface area contributed by atoms with E-state index in [9.17, 15) is 0 Å². The Morgan fingerprint density at radius 1 is 1.28 bits per heavy atom. The molecule has 2 aromatic rings. The third kappa shape index (κ3) is 1.33. The molecule has 0 radical (unpaired) electrons. The monoisotopic (exact) mass is 240 g/mol. The second kappa shape index (κ2) is 3.86. The van der Waals surface area contributed by atoms with Crippen molar-refractivity contribution in [2.45, 2.75) is 44.7 Å². The predicted octanol–water partition coefficient (Wildman–Crippen LogP) is 2.66. The van der Waals surface area contributed by atoms with E-state index in [0.29, 0.717) is 6.04 Å². The lowest BCUT2D eigenvalue weighted by Gasteiger charge is -2.25. The van der Waals surface area contributed by atoms with Gasteiger partial charge < -0.3 is 9.88 Å². The van der Waals surface area contributed by atoms with Crippen LogP contribution >= 0.6 is 0 Å². The molecule has 0 fully saturated rings. The molecule has 18 heavy (non-hydrogen) atoms. The minimum Gasteiger partial charge on any atom is -0.344 e. The molecule has 1 aliphatic heterocycles. The highest BCUT2D eigenvalue weighted by atomic mass is 15.0. The van der Waals surface area contributed by atoms with Crippen molar-refractivity contribution >= 4 is 10.9 Å². The van der Waals surface area contributed by atoms with Crippen molar-refractivity contribution in [1.29, 1.82) is 0 Å². The Balaban J connectivity index is 2.00. The molecule has 2 nitrogen and oxygen atoms in total. The number of hydrogen-bond donors (Lipinski definition) is 1. The average molecular weight is 240 g/mol. The minimum atomic E-state index is 0.670. The molecule has 0 bridgehead atoms. The summed E-state index contributed by atoms with van der Waals surface area (Å²) in [6.07, 6.45) is 6.30. The zero-order chi connectivity index (χ0) is 12.1.